The molecule has 0 saturated carbocycles. The average Bonchev–Trinajstić information content (AvgIpc) is 3.34. The maximum Gasteiger partial charge on any atom is 0.416 e. The highest BCUT2D eigenvalue weighted by atomic mass is 19.4. The molecule has 178 valence electrons. The van der Waals surface area contributed by atoms with E-state index in [1.54, 1.807) is 29.4 Å². The largest absolute Gasteiger partial charge is 0.490 e. The zero-order chi connectivity index (χ0) is 24.1. The summed E-state index contributed by atoms with van der Waals surface area (Å²) in [6.45, 7) is 0.636. The first-order valence-corrected chi connectivity index (χ1v) is 10.5. The molecule has 0 radical (unpaired) electrons. The summed E-state index contributed by atoms with van der Waals surface area (Å²) in [7, 11) is 0. The van der Waals surface area contributed by atoms with Crippen LogP contribution < -0.4 is 10.1 Å². The van der Waals surface area contributed by atoms with Crippen molar-refractivity contribution in [2.75, 3.05) is 19.6 Å². The third-order valence-corrected chi connectivity index (χ3v) is 5.32. The minimum atomic E-state index is -4.39. The van der Waals surface area contributed by atoms with Gasteiger partial charge >= 0.3 is 6.18 Å². The molecule has 4 rings (SSSR count). The minimum absolute atomic E-state index is 0.0697. The molecule has 1 aliphatic rings. The van der Waals surface area contributed by atoms with Gasteiger partial charge in [0, 0.05) is 32.1 Å². The number of carbonyl (C=O) groups is 2. The third-order valence-electron chi connectivity index (χ3n) is 5.32. The Balaban J connectivity index is 1.22. The molecule has 3 heterocycles. The second kappa shape index (κ2) is 9.89. The standard InChI is InChI=1S/C22H21F3N6O3/c23-22(24,25)15-3-5-17(6-4-15)34-18-7-10-30(11-8-18)20(32)13-27-21(33)19-14-31(29-28-19)16-2-1-9-26-12-16/h1-6,9,12,14,18H,7-8,10-11,13H2,(H,27,33). The Labute approximate surface area is 192 Å². The maximum atomic E-state index is 12.7. The monoisotopic (exact) mass is 474 g/mol. The summed E-state index contributed by atoms with van der Waals surface area (Å²) in [5.74, 6) is -0.422. The number of nitrogens with one attached hydrogen (secondary N) is 1. The Morgan fingerprint density at radius 3 is 2.50 bits per heavy atom. The van der Waals surface area contributed by atoms with Gasteiger partial charge in [-0.05, 0) is 36.4 Å². The zero-order valence-electron chi connectivity index (χ0n) is 17.9. The molecular weight excluding hydrogens is 453 g/mol. The number of pyridine rings is 1. The second-order valence-corrected chi connectivity index (χ2v) is 7.66. The molecule has 1 aliphatic heterocycles. The molecule has 0 atom stereocenters. The number of halogens is 3. The van der Waals surface area contributed by atoms with Crippen molar-refractivity contribution in [2.24, 2.45) is 0 Å². The van der Waals surface area contributed by atoms with Gasteiger partial charge in [-0.25, -0.2) is 4.68 Å². The van der Waals surface area contributed by atoms with Gasteiger partial charge in [-0.2, -0.15) is 13.2 Å². The van der Waals surface area contributed by atoms with Crippen molar-refractivity contribution in [3.8, 4) is 11.4 Å². The van der Waals surface area contributed by atoms with Crippen LogP contribution in [-0.2, 0) is 11.0 Å². The number of hydrogen-bond donors (Lipinski definition) is 1. The highest BCUT2D eigenvalue weighted by molar-refractivity contribution is 5.94. The van der Waals surface area contributed by atoms with Crippen molar-refractivity contribution in [1.29, 1.82) is 0 Å². The van der Waals surface area contributed by atoms with Crippen molar-refractivity contribution >= 4 is 11.8 Å². The lowest BCUT2D eigenvalue weighted by Gasteiger charge is -2.32. The molecule has 9 nitrogen and oxygen atoms in total. The lowest BCUT2D eigenvalue weighted by molar-refractivity contribution is -0.137. The molecule has 1 saturated heterocycles. The Bertz CT molecular complexity index is 1130. The first-order chi connectivity index (χ1) is 16.3. The quantitative estimate of drug-likeness (QED) is 0.589. The van der Waals surface area contributed by atoms with Crippen molar-refractivity contribution in [2.45, 2.75) is 25.1 Å². The molecule has 1 aromatic carbocycles. The van der Waals surface area contributed by atoms with E-state index in [1.807, 2.05) is 0 Å². The zero-order valence-corrected chi connectivity index (χ0v) is 17.9. The normalized spacial score (nSPS) is 14.6. The number of nitrogens with zero attached hydrogens (tertiary/aromatic N) is 5. The van der Waals surface area contributed by atoms with Gasteiger partial charge in [-0.15, -0.1) is 5.10 Å². The predicted octanol–water partition coefficient (Wildman–Crippen LogP) is 2.48. The van der Waals surface area contributed by atoms with Gasteiger partial charge in [0.15, 0.2) is 5.69 Å². The van der Waals surface area contributed by atoms with Crippen molar-refractivity contribution in [3.63, 3.8) is 0 Å². The number of rotatable bonds is 6. The van der Waals surface area contributed by atoms with Crippen LogP contribution >= 0.6 is 0 Å². The summed E-state index contributed by atoms with van der Waals surface area (Å²) >= 11 is 0. The van der Waals surface area contributed by atoms with Gasteiger partial charge < -0.3 is 15.0 Å². The number of ether oxygens (including phenoxy) is 1. The predicted molar refractivity (Wildman–Crippen MR) is 113 cm³/mol. The smallest absolute Gasteiger partial charge is 0.416 e. The van der Waals surface area contributed by atoms with Crippen LogP contribution in [0.5, 0.6) is 5.75 Å². The van der Waals surface area contributed by atoms with Crippen LogP contribution in [0.3, 0.4) is 0 Å². The summed E-state index contributed by atoms with van der Waals surface area (Å²) in [6.07, 6.45) is 1.09. The van der Waals surface area contributed by atoms with E-state index in [9.17, 15) is 22.8 Å². The van der Waals surface area contributed by atoms with E-state index in [2.05, 4.69) is 20.6 Å². The van der Waals surface area contributed by atoms with E-state index in [4.69, 9.17) is 4.74 Å². The molecule has 34 heavy (non-hydrogen) atoms. The highest BCUT2D eigenvalue weighted by Crippen LogP contribution is 2.30. The van der Waals surface area contributed by atoms with Gasteiger partial charge in [0.05, 0.1) is 30.2 Å². The molecule has 1 N–H and O–H groups in total. The van der Waals surface area contributed by atoms with Crippen molar-refractivity contribution < 1.29 is 27.5 Å². The number of carbonyl (C=O) groups excluding carboxylic acids is 2. The number of alkyl halides is 3. The van der Waals surface area contributed by atoms with E-state index in [-0.39, 0.29) is 24.2 Å². The van der Waals surface area contributed by atoms with Crippen LogP contribution in [0.15, 0.2) is 55.0 Å². The fourth-order valence-electron chi connectivity index (χ4n) is 3.48. The number of hydrogen-bond acceptors (Lipinski definition) is 6. The fourth-order valence-corrected chi connectivity index (χ4v) is 3.48. The van der Waals surface area contributed by atoms with Crippen LogP contribution in [0.4, 0.5) is 13.2 Å². The van der Waals surface area contributed by atoms with Gasteiger partial charge in [0.25, 0.3) is 5.91 Å². The van der Waals surface area contributed by atoms with Gasteiger partial charge in [-0.1, -0.05) is 5.21 Å². The molecule has 2 aromatic heterocycles. The lowest BCUT2D eigenvalue weighted by Crippen LogP contribution is -2.46. The van der Waals surface area contributed by atoms with Crippen molar-refractivity contribution in [1.82, 2.24) is 30.2 Å². The van der Waals surface area contributed by atoms with Crippen LogP contribution in [0.2, 0.25) is 0 Å². The van der Waals surface area contributed by atoms with Crippen LogP contribution in [0, 0.1) is 0 Å². The van der Waals surface area contributed by atoms with Crippen molar-refractivity contribution in [3.05, 3.63) is 66.2 Å². The molecular formula is C22H21F3N6O3. The van der Waals surface area contributed by atoms with Gasteiger partial charge in [0.1, 0.15) is 11.9 Å². The summed E-state index contributed by atoms with van der Waals surface area (Å²) in [5, 5.41) is 10.3. The number of amides is 2. The minimum Gasteiger partial charge on any atom is -0.490 e. The van der Waals surface area contributed by atoms with E-state index in [0.717, 1.165) is 12.1 Å². The summed E-state index contributed by atoms with van der Waals surface area (Å²) in [6, 6.07) is 8.03. The van der Waals surface area contributed by atoms with Crippen LogP contribution in [0.25, 0.3) is 5.69 Å². The van der Waals surface area contributed by atoms with E-state index >= 15 is 0 Å². The Kier molecular flexibility index (Phi) is 6.75. The molecule has 0 unspecified atom stereocenters. The Morgan fingerprint density at radius 2 is 1.85 bits per heavy atom. The summed E-state index contributed by atoms with van der Waals surface area (Å²) < 4.78 is 45.1. The first-order valence-electron chi connectivity index (χ1n) is 10.5. The summed E-state index contributed by atoms with van der Waals surface area (Å²) in [5.41, 5.74) is -0.0197. The molecule has 0 aliphatic carbocycles. The van der Waals surface area contributed by atoms with Gasteiger partial charge in [-0.3, -0.25) is 14.6 Å². The van der Waals surface area contributed by atoms with Crippen LogP contribution in [-0.4, -0.2) is 62.4 Å². The molecule has 12 heteroatoms. The third kappa shape index (κ3) is 5.69. The first kappa shape index (κ1) is 23.2. The van der Waals surface area contributed by atoms with E-state index in [0.29, 0.717) is 37.4 Å². The van der Waals surface area contributed by atoms with Gasteiger partial charge in [0.2, 0.25) is 5.91 Å². The van der Waals surface area contributed by atoms with E-state index < -0.39 is 17.6 Å². The van der Waals surface area contributed by atoms with E-state index in [1.165, 1.54) is 23.0 Å². The SMILES string of the molecule is O=C(NCC(=O)N1CCC(Oc2ccc(C(F)(F)F)cc2)CC1)c1cn(-c2cccnc2)nn1. The average molecular weight is 474 g/mol. The Hall–Kier alpha value is -3.96. The maximum absolute atomic E-state index is 12.7. The molecule has 3 aromatic rings. The lowest BCUT2D eigenvalue weighted by atomic mass is 10.1. The number of aromatic nitrogens is 4. The second-order valence-electron chi connectivity index (χ2n) is 7.66. The summed E-state index contributed by atoms with van der Waals surface area (Å²) in [4.78, 5) is 30.4. The van der Waals surface area contributed by atoms with Crippen LogP contribution in [0.1, 0.15) is 28.9 Å². The molecule has 0 spiro atoms. The number of likely N-dealkylation sites (tertiary alicyclic amines) is 1. The topological polar surface area (TPSA) is 102 Å². The molecule has 1 fully saturated rings. The number of benzene rings is 1. The Morgan fingerprint density at radius 1 is 1.12 bits per heavy atom. The highest BCUT2D eigenvalue weighted by Gasteiger charge is 2.30. The molecule has 2 amide bonds. The number of piperidine rings is 1. The molecule has 0 bridgehead atoms. The fraction of sp³-hybridized carbons (Fsp3) is 0.318.